The van der Waals surface area contributed by atoms with E-state index in [1.165, 1.54) is 6.07 Å². The second-order valence-electron chi connectivity index (χ2n) is 4.35. The van der Waals surface area contributed by atoms with Crippen LogP contribution < -0.4 is 11.2 Å². The molecule has 3 aromatic rings. The van der Waals surface area contributed by atoms with Crippen molar-refractivity contribution in [3.63, 3.8) is 0 Å². The van der Waals surface area contributed by atoms with Gasteiger partial charge in [0.05, 0.1) is 16.1 Å². The average Bonchev–Trinajstić information content (AvgIpc) is 2.41. The fraction of sp³-hybridized carbons (Fsp3) is 0. The molecule has 0 saturated heterocycles. The molecule has 0 aliphatic carbocycles. The van der Waals surface area contributed by atoms with Crippen LogP contribution in [0.2, 0.25) is 10.0 Å². The molecule has 0 radical (unpaired) electrons. The molecular formula is C15H9Cl2NO2. The van der Waals surface area contributed by atoms with E-state index in [1.54, 1.807) is 36.4 Å². The first kappa shape index (κ1) is 13.0. The van der Waals surface area contributed by atoms with Crippen LogP contribution in [-0.2, 0) is 0 Å². The maximum Gasteiger partial charge on any atom is 0.193 e. The van der Waals surface area contributed by atoms with Gasteiger partial charge in [0, 0.05) is 22.7 Å². The van der Waals surface area contributed by atoms with Crippen molar-refractivity contribution in [2.24, 2.45) is 0 Å². The lowest BCUT2D eigenvalue weighted by Gasteiger charge is -2.05. The van der Waals surface area contributed by atoms with Crippen molar-refractivity contribution >= 4 is 39.9 Å². The largest absolute Gasteiger partial charge is 0.456 e. The molecule has 0 aliphatic heterocycles. The summed E-state index contributed by atoms with van der Waals surface area (Å²) in [6.07, 6.45) is 0. The fourth-order valence-corrected chi connectivity index (χ4v) is 2.25. The van der Waals surface area contributed by atoms with Crippen molar-refractivity contribution in [1.29, 1.82) is 0 Å². The van der Waals surface area contributed by atoms with Crippen LogP contribution in [0, 0.1) is 0 Å². The maximum atomic E-state index is 12.1. The lowest BCUT2D eigenvalue weighted by atomic mass is 10.1. The highest BCUT2D eigenvalue weighted by molar-refractivity contribution is 6.33. The van der Waals surface area contributed by atoms with Crippen LogP contribution >= 0.6 is 23.2 Å². The predicted molar refractivity (Wildman–Crippen MR) is 82.4 cm³/mol. The third kappa shape index (κ3) is 2.26. The van der Waals surface area contributed by atoms with Crippen molar-refractivity contribution in [3.05, 3.63) is 62.7 Å². The van der Waals surface area contributed by atoms with Gasteiger partial charge in [0.15, 0.2) is 5.43 Å². The number of anilines is 1. The van der Waals surface area contributed by atoms with Gasteiger partial charge in [0.25, 0.3) is 0 Å². The van der Waals surface area contributed by atoms with Crippen LogP contribution in [0.3, 0.4) is 0 Å². The topological polar surface area (TPSA) is 56.2 Å². The zero-order valence-corrected chi connectivity index (χ0v) is 11.7. The molecule has 0 atom stereocenters. The van der Waals surface area contributed by atoms with Crippen molar-refractivity contribution in [1.82, 2.24) is 0 Å². The summed E-state index contributed by atoms with van der Waals surface area (Å²) in [5.41, 5.74) is 7.18. The smallest absolute Gasteiger partial charge is 0.193 e. The van der Waals surface area contributed by atoms with Crippen molar-refractivity contribution in [2.75, 3.05) is 5.73 Å². The Balaban J connectivity index is 2.26. The molecule has 0 bridgehead atoms. The first-order valence-corrected chi connectivity index (χ1v) is 6.59. The quantitative estimate of drug-likeness (QED) is 0.680. The van der Waals surface area contributed by atoms with Crippen LogP contribution in [-0.4, -0.2) is 0 Å². The molecule has 3 rings (SSSR count). The first-order chi connectivity index (χ1) is 9.54. The minimum Gasteiger partial charge on any atom is -0.456 e. The monoisotopic (exact) mass is 305 g/mol. The van der Waals surface area contributed by atoms with Crippen LogP contribution in [0.25, 0.3) is 22.3 Å². The number of hydrogen-bond donors (Lipinski definition) is 1. The minimum absolute atomic E-state index is 0.133. The number of halogens is 2. The van der Waals surface area contributed by atoms with Gasteiger partial charge in [-0.05, 0) is 30.3 Å². The summed E-state index contributed by atoms with van der Waals surface area (Å²) in [7, 11) is 0. The van der Waals surface area contributed by atoms with Crippen LogP contribution in [0.1, 0.15) is 0 Å². The van der Waals surface area contributed by atoms with Crippen molar-refractivity contribution in [3.8, 4) is 11.3 Å². The lowest BCUT2D eigenvalue weighted by molar-refractivity contribution is 0.619. The summed E-state index contributed by atoms with van der Waals surface area (Å²) in [4.78, 5) is 12.1. The number of rotatable bonds is 1. The predicted octanol–water partition coefficient (Wildman–Crippen LogP) is 4.35. The highest BCUT2D eigenvalue weighted by atomic mass is 35.5. The summed E-state index contributed by atoms with van der Waals surface area (Å²) < 4.78 is 5.72. The minimum atomic E-state index is -0.133. The summed E-state index contributed by atoms with van der Waals surface area (Å²) in [6.45, 7) is 0. The highest BCUT2D eigenvalue weighted by Crippen LogP contribution is 2.28. The molecule has 0 fully saturated rings. The maximum absolute atomic E-state index is 12.1. The van der Waals surface area contributed by atoms with E-state index in [1.807, 2.05) is 0 Å². The lowest BCUT2D eigenvalue weighted by Crippen LogP contribution is -2.00. The summed E-state index contributed by atoms with van der Waals surface area (Å²) in [5, 5.41) is 1.45. The van der Waals surface area contributed by atoms with Crippen molar-refractivity contribution < 1.29 is 4.42 Å². The molecule has 3 nitrogen and oxygen atoms in total. The molecule has 5 heteroatoms. The van der Waals surface area contributed by atoms with Crippen LogP contribution in [0.4, 0.5) is 5.69 Å². The molecule has 1 heterocycles. The number of benzene rings is 2. The zero-order valence-electron chi connectivity index (χ0n) is 10.2. The Hall–Kier alpha value is -1.97. The molecule has 100 valence electrons. The highest BCUT2D eigenvalue weighted by Gasteiger charge is 2.08. The normalized spacial score (nSPS) is 10.9. The zero-order chi connectivity index (χ0) is 14.3. The van der Waals surface area contributed by atoms with E-state index >= 15 is 0 Å². The Morgan fingerprint density at radius 3 is 2.55 bits per heavy atom. The first-order valence-electron chi connectivity index (χ1n) is 5.83. The van der Waals surface area contributed by atoms with Gasteiger partial charge in [-0.2, -0.15) is 0 Å². The SMILES string of the molecule is Nc1cc(-c2cc(=O)c3ccc(Cl)cc3o2)ccc1Cl. The molecule has 2 aromatic carbocycles. The third-order valence-electron chi connectivity index (χ3n) is 2.97. The second-order valence-corrected chi connectivity index (χ2v) is 5.20. The Morgan fingerprint density at radius 1 is 1.00 bits per heavy atom. The summed E-state index contributed by atoms with van der Waals surface area (Å²) in [5.74, 6) is 0.424. The number of fused-ring (bicyclic) bond motifs is 1. The molecule has 0 saturated carbocycles. The van der Waals surface area contributed by atoms with Gasteiger partial charge in [-0.15, -0.1) is 0 Å². The summed E-state index contributed by atoms with van der Waals surface area (Å²) in [6, 6.07) is 11.4. The van der Waals surface area contributed by atoms with E-state index < -0.39 is 0 Å². The van der Waals surface area contributed by atoms with Crippen LogP contribution in [0.15, 0.2) is 51.7 Å². The van der Waals surface area contributed by atoms with Crippen LogP contribution in [0.5, 0.6) is 0 Å². The fourth-order valence-electron chi connectivity index (χ4n) is 1.97. The Bertz CT molecular complexity index is 871. The van der Waals surface area contributed by atoms with Gasteiger partial charge in [-0.3, -0.25) is 4.79 Å². The molecule has 0 unspecified atom stereocenters. The second kappa shape index (κ2) is 4.85. The van der Waals surface area contributed by atoms with Gasteiger partial charge in [-0.1, -0.05) is 23.2 Å². The molecule has 0 spiro atoms. The van der Waals surface area contributed by atoms with Gasteiger partial charge in [0.1, 0.15) is 11.3 Å². The number of nitrogens with two attached hydrogens (primary N) is 1. The van der Waals surface area contributed by atoms with E-state index in [0.29, 0.717) is 38.0 Å². The Morgan fingerprint density at radius 2 is 1.80 bits per heavy atom. The third-order valence-corrected chi connectivity index (χ3v) is 3.55. The Kier molecular flexibility index (Phi) is 3.16. The van der Waals surface area contributed by atoms with E-state index in [0.717, 1.165) is 0 Å². The van der Waals surface area contributed by atoms with Gasteiger partial charge >= 0.3 is 0 Å². The molecular weight excluding hydrogens is 297 g/mol. The molecule has 2 N–H and O–H groups in total. The Labute approximate surface area is 124 Å². The van der Waals surface area contributed by atoms with E-state index in [4.69, 9.17) is 33.4 Å². The molecule has 0 amide bonds. The van der Waals surface area contributed by atoms with Gasteiger partial charge in [0.2, 0.25) is 0 Å². The molecule has 0 aliphatic rings. The standard InChI is InChI=1S/C15H9Cl2NO2/c16-9-2-3-10-13(19)7-14(20-15(10)6-9)8-1-4-11(17)12(18)5-8/h1-7H,18H2. The van der Waals surface area contributed by atoms with E-state index in [2.05, 4.69) is 0 Å². The number of hydrogen-bond acceptors (Lipinski definition) is 3. The number of nitrogen functional groups attached to an aromatic ring is 1. The summed E-state index contributed by atoms with van der Waals surface area (Å²) >= 11 is 11.8. The van der Waals surface area contributed by atoms with E-state index in [-0.39, 0.29) is 5.43 Å². The van der Waals surface area contributed by atoms with Crippen molar-refractivity contribution in [2.45, 2.75) is 0 Å². The molecule has 1 aromatic heterocycles. The van der Waals surface area contributed by atoms with Gasteiger partial charge < -0.3 is 10.2 Å². The van der Waals surface area contributed by atoms with E-state index in [9.17, 15) is 4.79 Å². The van der Waals surface area contributed by atoms with Gasteiger partial charge in [-0.25, -0.2) is 0 Å². The average molecular weight is 306 g/mol. The molecule has 20 heavy (non-hydrogen) atoms.